The monoisotopic (exact) mass is 457 g/mol. The van der Waals surface area contributed by atoms with Crippen molar-refractivity contribution in [2.45, 2.75) is 45.8 Å². The summed E-state index contributed by atoms with van der Waals surface area (Å²) in [5, 5.41) is 7.99. The van der Waals surface area contributed by atoms with Crippen molar-refractivity contribution in [2.75, 3.05) is 0 Å². The molecule has 2 aromatic carbocycles. The van der Waals surface area contributed by atoms with Crippen molar-refractivity contribution in [3.8, 4) is 11.5 Å². The van der Waals surface area contributed by atoms with Gasteiger partial charge in [-0.3, -0.25) is 0 Å². The Bertz CT molecular complexity index is 1320. The summed E-state index contributed by atoms with van der Waals surface area (Å²) in [6, 6.07) is 19.8. The summed E-state index contributed by atoms with van der Waals surface area (Å²) in [5.41, 5.74) is 4.46. The number of fused-ring (bicyclic) bond motifs is 3. The second-order valence-corrected chi connectivity index (χ2v) is 8.84. The molecule has 0 bridgehead atoms. The van der Waals surface area contributed by atoms with Crippen molar-refractivity contribution < 1.29 is 9.18 Å². The first kappa shape index (κ1) is 21.9. The van der Waals surface area contributed by atoms with Gasteiger partial charge in [0.2, 0.25) is 0 Å². The van der Waals surface area contributed by atoms with Crippen LogP contribution in [0.25, 0.3) is 11.5 Å². The first-order valence-electron chi connectivity index (χ1n) is 11.6. The van der Waals surface area contributed by atoms with E-state index in [2.05, 4.69) is 16.8 Å². The lowest BCUT2D eigenvalue weighted by Gasteiger charge is -2.31. The number of rotatable bonds is 4. The van der Waals surface area contributed by atoms with E-state index in [0.717, 1.165) is 40.4 Å². The topological polar surface area (TPSA) is 55.1 Å². The molecular formula is C27H28FN5O. The number of urea groups is 1. The summed E-state index contributed by atoms with van der Waals surface area (Å²) in [6.07, 6.45) is 2.72. The highest BCUT2D eigenvalue weighted by Gasteiger charge is 2.36. The Balaban J connectivity index is 1.77. The smallest absolute Gasteiger partial charge is 0.318 e. The Morgan fingerprint density at radius 3 is 2.62 bits per heavy atom. The van der Waals surface area contributed by atoms with Crippen molar-refractivity contribution >= 4 is 6.03 Å². The molecule has 0 saturated heterocycles. The molecule has 1 aliphatic rings. The van der Waals surface area contributed by atoms with Crippen molar-refractivity contribution in [3.05, 3.63) is 101 Å². The summed E-state index contributed by atoms with van der Waals surface area (Å²) in [7, 11) is 0. The number of halogens is 1. The molecule has 1 aliphatic heterocycles. The maximum Gasteiger partial charge on any atom is 0.318 e. The Kier molecular flexibility index (Phi) is 5.69. The van der Waals surface area contributed by atoms with Crippen LogP contribution in [0.3, 0.4) is 0 Å². The summed E-state index contributed by atoms with van der Waals surface area (Å²) in [5.74, 6) is 0.579. The molecule has 2 amide bonds. The quantitative estimate of drug-likeness (QED) is 0.447. The molecular weight excluding hydrogens is 429 g/mol. The first-order valence-corrected chi connectivity index (χ1v) is 11.6. The minimum absolute atomic E-state index is 0.0344. The third-order valence-electron chi connectivity index (χ3n) is 6.14. The fourth-order valence-electron chi connectivity index (χ4n) is 4.71. The number of nitrogens with one attached hydrogen (secondary N) is 1. The lowest BCUT2D eigenvalue weighted by atomic mass is 10.0. The van der Waals surface area contributed by atoms with E-state index in [4.69, 9.17) is 5.10 Å². The van der Waals surface area contributed by atoms with E-state index in [1.54, 1.807) is 11.0 Å². The standard InChI is InChI=1S/C27H28FN5O/c1-4-23-22-17-32(27(34)29-18(2)3)25(19-10-8-11-20(28)16-19)24-14-9-15-31(24)26(22)33(30-23)21-12-6-5-7-13-21/h5-16,18,25H,4,17H2,1-3H3,(H,29,34)/t25-/m0/s1. The summed E-state index contributed by atoms with van der Waals surface area (Å²) >= 11 is 0. The number of para-hydroxylation sites is 1. The van der Waals surface area contributed by atoms with Gasteiger partial charge in [-0.1, -0.05) is 37.3 Å². The van der Waals surface area contributed by atoms with Gasteiger partial charge in [0.1, 0.15) is 11.6 Å². The number of carbonyl (C=O) groups excluding carboxylic acids is 1. The van der Waals surface area contributed by atoms with Crippen molar-refractivity contribution in [3.63, 3.8) is 0 Å². The van der Waals surface area contributed by atoms with Gasteiger partial charge < -0.3 is 14.8 Å². The Hall–Kier alpha value is -3.87. The molecule has 0 aliphatic carbocycles. The normalized spacial score (nSPS) is 15.1. The minimum Gasteiger partial charge on any atom is -0.336 e. The zero-order valence-electron chi connectivity index (χ0n) is 19.6. The van der Waals surface area contributed by atoms with Crippen LogP contribution < -0.4 is 5.32 Å². The first-order chi connectivity index (χ1) is 16.5. The summed E-state index contributed by atoms with van der Waals surface area (Å²) in [6.45, 7) is 6.30. The van der Waals surface area contributed by atoms with Crippen LogP contribution in [0.4, 0.5) is 9.18 Å². The molecule has 174 valence electrons. The molecule has 4 aromatic rings. The summed E-state index contributed by atoms with van der Waals surface area (Å²) < 4.78 is 18.4. The SMILES string of the molecule is CCc1nn(-c2ccccc2)c2c1CN(C(=O)NC(C)C)[C@@H](c1cccc(F)c1)c1cccn1-2. The van der Waals surface area contributed by atoms with Crippen LogP contribution in [-0.4, -0.2) is 31.3 Å². The second kappa shape index (κ2) is 8.82. The van der Waals surface area contributed by atoms with Crippen molar-refractivity contribution in [1.82, 2.24) is 24.6 Å². The molecule has 34 heavy (non-hydrogen) atoms. The van der Waals surface area contributed by atoms with E-state index in [-0.39, 0.29) is 17.9 Å². The van der Waals surface area contributed by atoms with Crippen LogP contribution >= 0.6 is 0 Å². The number of aromatic nitrogens is 3. The maximum absolute atomic E-state index is 14.3. The van der Waals surface area contributed by atoms with Gasteiger partial charge in [0.15, 0.2) is 0 Å². The average Bonchev–Trinajstić information content (AvgIpc) is 3.40. The van der Waals surface area contributed by atoms with Crippen LogP contribution in [0.1, 0.15) is 49.3 Å². The number of amides is 2. The van der Waals surface area contributed by atoms with Gasteiger partial charge in [-0.25, -0.2) is 13.9 Å². The lowest BCUT2D eigenvalue weighted by Crippen LogP contribution is -2.44. The molecule has 0 radical (unpaired) electrons. The molecule has 6 nitrogen and oxygen atoms in total. The number of hydrogen-bond acceptors (Lipinski definition) is 2. The van der Waals surface area contributed by atoms with E-state index >= 15 is 0 Å². The third kappa shape index (κ3) is 3.77. The van der Waals surface area contributed by atoms with Gasteiger partial charge in [-0.2, -0.15) is 5.10 Å². The molecule has 0 spiro atoms. The van der Waals surface area contributed by atoms with E-state index in [1.165, 1.54) is 12.1 Å². The van der Waals surface area contributed by atoms with E-state index in [9.17, 15) is 9.18 Å². The largest absolute Gasteiger partial charge is 0.336 e. The number of aryl methyl sites for hydroxylation is 1. The molecule has 7 heteroatoms. The number of nitrogens with zero attached hydrogens (tertiary/aromatic N) is 4. The predicted octanol–water partition coefficient (Wildman–Crippen LogP) is 5.39. The van der Waals surface area contributed by atoms with Gasteiger partial charge in [0, 0.05) is 17.8 Å². The van der Waals surface area contributed by atoms with Gasteiger partial charge in [0.25, 0.3) is 0 Å². The van der Waals surface area contributed by atoms with E-state index < -0.39 is 6.04 Å². The Morgan fingerprint density at radius 2 is 1.91 bits per heavy atom. The fourth-order valence-corrected chi connectivity index (χ4v) is 4.71. The highest BCUT2D eigenvalue weighted by Crippen LogP contribution is 2.38. The van der Waals surface area contributed by atoms with Crippen LogP contribution in [0.2, 0.25) is 0 Å². The van der Waals surface area contributed by atoms with Crippen molar-refractivity contribution in [1.29, 1.82) is 0 Å². The predicted molar refractivity (Wildman–Crippen MR) is 130 cm³/mol. The van der Waals surface area contributed by atoms with Crippen LogP contribution in [0, 0.1) is 5.82 Å². The summed E-state index contributed by atoms with van der Waals surface area (Å²) in [4.78, 5) is 15.3. The Morgan fingerprint density at radius 1 is 1.12 bits per heavy atom. The lowest BCUT2D eigenvalue weighted by molar-refractivity contribution is 0.178. The molecule has 1 atom stereocenters. The van der Waals surface area contributed by atoms with E-state index in [0.29, 0.717) is 6.54 Å². The zero-order chi connectivity index (χ0) is 23.8. The highest BCUT2D eigenvalue weighted by atomic mass is 19.1. The van der Waals surface area contributed by atoms with Crippen molar-refractivity contribution in [2.24, 2.45) is 0 Å². The number of benzene rings is 2. The van der Waals surface area contributed by atoms with Crippen LogP contribution in [0.15, 0.2) is 72.9 Å². The van der Waals surface area contributed by atoms with Gasteiger partial charge in [-0.15, -0.1) is 0 Å². The van der Waals surface area contributed by atoms with Crippen LogP contribution in [0.5, 0.6) is 0 Å². The number of carbonyl (C=O) groups is 1. The van der Waals surface area contributed by atoms with Gasteiger partial charge in [-0.05, 0) is 62.2 Å². The van der Waals surface area contributed by atoms with E-state index in [1.807, 2.05) is 73.3 Å². The zero-order valence-corrected chi connectivity index (χ0v) is 19.6. The molecule has 0 unspecified atom stereocenters. The minimum atomic E-state index is -0.467. The molecule has 0 saturated carbocycles. The highest BCUT2D eigenvalue weighted by molar-refractivity contribution is 5.76. The third-order valence-corrected chi connectivity index (χ3v) is 6.14. The van der Waals surface area contributed by atoms with Crippen LogP contribution in [-0.2, 0) is 13.0 Å². The molecule has 2 aromatic heterocycles. The van der Waals surface area contributed by atoms with Gasteiger partial charge >= 0.3 is 6.03 Å². The second-order valence-electron chi connectivity index (χ2n) is 8.84. The molecule has 3 heterocycles. The number of hydrogen-bond donors (Lipinski definition) is 1. The average molecular weight is 458 g/mol. The molecule has 0 fully saturated rings. The molecule has 5 rings (SSSR count). The molecule has 1 N–H and O–H groups in total. The fraction of sp³-hybridized carbons (Fsp3) is 0.259. The Labute approximate surface area is 198 Å². The van der Waals surface area contributed by atoms with Gasteiger partial charge in [0.05, 0.1) is 29.7 Å². The maximum atomic E-state index is 14.3.